The number of nitrogens with one attached hydrogen (secondary N) is 1. The highest BCUT2D eigenvalue weighted by molar-refractivity contribution is 7.92. The fraction of sp³-hybridized carbons (Fsp3) is 0. The molecule has 8 heteroatoms. The van der Waals surface area contributed by atoms with E-state index in [9.17, 15) is 13.5 Å². The van der Waals surface area contributed by atoms with Gasteiger partial charge in [0.1, 0.15) is 10.6 Å². The second kappa shape index (κ2) is 5.69. The van der Waals surface area contributed by atoms with E-state index in [0.717, 1.165) is 0 Å². The summed E-state index contributed by atoms with van der Waals surface area (Å²) in [6, 6.07) is 7.98. The van der Waals surface area contributed by atoms with Crippen molar-refractivity contribution in [2.24, 2.45) is 0 Å². The Morgan fingerprint density at radius 2 is 1.65 bits per heavy atom. The molecule has 2 aromatic rings. The Balaban J connectivity index is 2.43. The molecule has 4 nitrogen and oxygen atoms in total. The fourth-order valence-corrected chi connectivity index (χ4v) is 3.59. The number of benzene rings is 2. The topological polar surface area (TPSA) is 66.4 Å². The summed E-state index contributed by atoms with van der Waals surface area (Å²) < 4.78 is 26.8. The molecule has 106 valence electrons. The molecule has 2 aromatic carbocycles. The molecule has 0 aliphatic rings. The van der Waals surface area contributed by atoms with E-state index in [0.29, 0.717) is 0 Å². The van der Waals surface area contributed by atoms with Crippen molar-refractivity contribution >= 4 is 50.5 Å². The van der Waals surface area contributed by atoms with Crippen molar-refractivity contribution in [2.75, 3.05) is 4.72 Å². The van der Waals surface area contributed by atoms with Crippen LogP contribution in [0.4, 0.5) is 5.69 Å². The van der Waals surface area contributed by atoms with Crippen LogP contribution in [0, 0.1) is 0 Å². The molecule has 0 aromatic heterocycles. The minimum atomic E-state index is -3.93. The van der Waals surface area contributed by atoms with E-state index in [1.807, 2.05) is 0 Å². The van der Waals surface area contributed by atoms with Crippen LogP contribution in [0.25, 0.3) is 0 Å². The monoisotopic (exact) mass is 351 g/mol. The number of hydrogen-bond acceptors (Lipinski definition) is 3. The van der Waals surface area contributed by atoms with Crippen LogP contribution >= 0.6 is 34.8 Å². The van der Waals surface area contributed by atoms with Crippen molar-refractivity contribution in [2.45, 2.75) is 4.90 Å². The first-order chi connectivity index (χ1) is 9.29. The third kappa shape index (κ3) is 3.30. The normalized spacial score (nSPS) is 11.3. The fourth-order valence-electron chi connectivity index (χ4n) is 1.47. The van der Waals surface area contributed by atoms with Crippen LogP contribution in [0.1, 0.15) is 0 Å². The van der Waals surface area contributed by atoms with Crippen LogP contribution in [0.3, 0.4) is 0 Å². The predicted molar refractivity (Wildman–Crippen MR) is 80.4 cm³/mol. The molecule has 0 saturated carbocycles. The number of sulfonamides is 1. The van der Waals surface area contributed by atoms with Gasteiger partial charge in [0, 0.05) is 11.1 Å². The van der Waals surface area contributed by atoms with Crippen LogP contribution in [-0.2, 0) is 10.0 Å². The molecule has 0 saturated heterocycles. The number of aromatic hydroxyl groups is 1. The van der Waals surface area contributed by atoms with E-state index in [-0.39, 0.29) is 31.4 Å². The average molecular weight is 353 g/mol. The van der Waals surface area contributed by atoms with Gasteiger partial charge in [0.05, 0.1) is 15.7 Å². The highest BCUT2D eigenvalue weighted by Gasteiger charge is 2.19. The lowest BCUT2D eigenvalue weighted by atomic mass is 10.3. The lowest BCUT2D eigenvalue weighted by Gasteiger charge is -2.11. The van der Waals surface area contributed by atoms with E-state index in [1.54, 1.807) is 0 Å². The van der Waals surface area contributed by atoms with E-state index in [4.69, 9.17) is 34.8 Å². The summed E-state index contributed by atoms with van der Waals surface area (Å²) in [5, 5.41) is 9.58. The Labute approximate surface area is 131 Å². The van der Waals surface area contributed by atoms with Gasteiger partial charge in [-0.25, -0.2) is 8.42 Å². The molecule has 2 rings (SSSR count). The van der Waals surface area contributed by atoms with Gasteiger partial charge < -0.3 is 5.11 Å². The van der Waals surface area contributed by atoms with Crippen molar-refractivity contribution < 1.29 is 13.5 Å². The second-order valence-electron chi connectivity index (χ2n) is 3.84. The standard InChI is InChI=1S/C12H8Cl3NO3S/c13-7-1-3-9(14)12(5-7)20(18,19)16-11-4-2-8(17)6-10(11)15/h1-6,16-17H. The largest absolute Gasteiger partial charge is 0.508 e. The summed E-state index contributed by atoms with van der Waals surface area (Å²) in [7, 11) is -3.93. The second-order valence-corrected chi connectivity index (χ2v) is 6.75. The Bertz CT molecular complexity index is 763. The molecule has 0 heterocycles. The zero-order valence-electron chi connectivity index (χ0n) is 9.77. The predicted octanol–water partition coefficient (Wildman–Crippen LogP) is 4.15. The lowest BCUT2D eigenvalue weighted by molar-refractivity contribution is 0.475. The van der Waals surface area contributed by atoms with Gasteiger partial charge in [0.15, 0.2) is 0 Å². The average Bonchev–Trinajstić information content (AvgIpc) is 2.35. The van der Waals surface area contributed by atoms with Crippen molar-refractivity contribution in [3.05, 3.63) is 51.5 Å². The van der Waals surface area contributed by atoms with Gasteiger partial charge in [-0.2, -0.15) is 0 Å². The highest BCUT2D eigenvalue weighted by Crippen LogP contribution is 2.30. The molecular formula is C12H8Cl3NO3S. The zero-order valence-corrected chi connectivity index (χ0v) is 12.9. The van der Waals surface area contributed by atoms with Gasteiger partial charge in [0.25, 0.3) is 10.0 Å². The van der Waals surface area contributed by atoms with Crippen molar-refractivity contribution in [1.29, 1.82) is 0 Å². The van der Waals surface area contributed by atoms with Crippen molar-refractivity contribution in [1.82, 2.24) is 0 Å². The van der Waals surface area contributed by atoms with E-state index in [1.165, 1.54) is 36.4 Å². The van der Waals surface area contributed by atoms with Crippen LogP contribution in [-0.4, -0.2) is 13.5 Å². The summed E-state index contributed by atoms with van der Waals surface area (Å²) in [4.78, 5) is -0.157. The highest BCUT2D eigenvalue weighted by atomic mass is 35.5. The van der Waals surface area contributed by atoms with Crippen molar-refractivity contribution in [3.8, 4) is 5.75 Å². The van der Waals surface area contributed by atoms with Gasteiger partial charge in [-0.3, -0.25) is 4.72 Å². The van der Waals surface area contributed by atoms with E-state index >= 15 is 0 Å². The number of anilines is 1. The Morgan fingerprint density at radius 3 is 2.30 bits per heavy atom. The van der Waals surface area contributed by atoms with Crippen LogP contribution in [0.2, 0.25) is 15.1 Å². The summed E-state index contributed by atoms with van der Waals surface area (Å²) in [6.45, 7) is 0. The molecule has 0 atom stereocenters. The lowest BCUT2D eigenvalue weighted by Crippen LogP contribution is -2.13. The molecule has 2 N–H and O–H groups in total. The summed E-state index contributed by atoms with van der Waals surface area (Å²) in [5.41, 5.74) is 0.125. The van der Waals surface area contributed by atoms with Gasteiger partial charge in [-0.1, -0.05) is 34.8 Å². The molecule has 0 aliphatic carbocycles. The van der Waals surface area contributed by atoms with E-state index < -0.39 is 10.0 Å². The van der Waals surface area contributed by atoms with Gasteiger partial charge in [-0.05, 0) is 30.3 Å². The minimum absolute atomic E-state index is 0.0387. The maximum Gasteiger partial charge on any atom is 0.263 e. The van der Waals surface area contributed by atoms with Crippen LogP contribution in [0.5, 0.6) is 5.75 Å². The molecule has 0 spiro atoms. The number of hydrogen-bond donors (Lipinski definition) is 2. The Morgan fingerprint density at radius 1 is 0.950 bits per heavy atom. The van der Waals surface area contributed by atoms with Crippen LogP contribution < -0.4 is 4.72 Å². The number of phenols is 1. The Hall–Kier alpha value is -1.14. The van der Waals surface area contributed by atoms with Gasteiger partial charge in [-0.15, -0.1) is 0 Å². The maximum atomic E-state index is 12.2. The molecule has 0 aliphatic heterocycles. The van der Waals surface area contributed by atoms with Gasteiger partial charge in [0.2, 0.25) is 0 Å². The molecule has 0 fully saturated rings. The summed E-state index contributed by atoms with van der Waals surface area (Å²) in [6.07, 6.45) is 0. The summed E-state index contributed by atoms with van der Waals surface area (Å²) >= 11 is 17.5. The quantitative estimate of drug-likeness (QED) is 0.815. The molecule has 0 amide bonds. The molecule has 0 bridgehead atoms. The molecule has 0 radical (unpaired) electrons. The smallest absolute Gasteiger partial charge is 0.263 e. The first kappa shape index (κ1) is 15.3. The van der Waals surface area contributed by atoms with Gasteiger partial charge >= 0.3 is 0 Å². The third-order valence-electron chi connectivity index (χ3n) is 2.38. The third-order valence-corrected chi connectivity index (χ3v) is 4.77. The number of phenolic OH excluding ortho intramolecular Hbond substituents is 1. The maximum absolute atomic E-state index is 12.2. The van der Waals surface area contributed by atoms with E-state index in [2.05, 4.69) is 4.72 Å². The Kier molecular flexibility index (Phi) is 4.34. The van der Waals surface area contributed by atoms with Crippen molar-refractivity contribution in [3.63, 3.8) is 0 Å². The summed E-state index contributed by atoms with van der Waals surface area (Å²) in [5.74, 6) is -0.0706. The minimum Gasteiger partial charge on any atom is -0.508 e. The number of halogens is 3. The molecule has 0 unspecified atom stereocenters. The molecule has 20 heavy (non-hydrogen) atoms. The first-order valence-electron chi connectivity index (χ1n) is 5.26. The number of rotatable bonds is 3. The van der Waals surface area contributed by atoms with Crippen LogP contribution in [0.15, 0.2) is 41.3 Å². The molecular weight excluding hydrogens is 345 g/mol. The zero-order chi connectivity index (χ0) is 14.9. The first-order valence-corrected chi connectivity index (χ1v) is 7.88. The SMILES string of the molecule is O=S(=O)(Nc1ccc(O)cc1Cl)c1cc(Cl)ccc1Cl.